The van der Waals surface area contributed by atoms with Gasteiger partial charge in [-0.15, -0.1) is 0 Å². The number of nitro benzene ring substituents is 1. The Bertz CT molecular complexity index is 1460. The van der Waals surface area contributed by atoms with Crippen LogP contribution in [-0.4, -0.2) is 33.9 Å². The summed E-state index contributed by atoms with van der Waals surface area (Å²) in [5.74, 6) is -3.35. The van der Waals surface area contributed by atoms with E-state index in [0.717, 1.165) is 29.2 Å². The zero-order valence-corrected chi connectivity index (χ0v) is 19.5. The highest BCUT2D eigenvalue weighted by Gasteiger charge is 2.47. The standard InChI is InChI=1S/C26H21FN2O7/c1-13-10-21(36-3)14(2)9-18(13)24(31)22-23(15-7-8-20(30)19(11-15)29(34)35)28(26(33)25(22)32)17-6-4-5-16(27)12-17/h4-12,23,30-31H,1-3H3/b24-22+. The fourth-order valence-electron chi connectivity index (χ4n) is 4.31. The van der Waals surface area contributed by atoms with Gasteiger partial charge in [0.05, 0.1) is 23.6 Å². The molecule has 184 valence electrons. The van der Waals surface area contributed by atoms with Gasteiger partial charge in [-0.05, 0) is 66.9 Å². The molecule has 0 spiro atoms. The highest BCUT2D eigenvalue weighted by Crippen LogP contribution is 2.44. The van der Waals surface area contributed by atoms with Crippen molar-refractivity contribution < 1.29 is 33.9 Å². The topological polar surface area (TPSA) is 130 Å². The summed E-state index contributed by atoms with van der Waals surface area (Å²) in [6.07, 6.45) is 0. The quantitative estimate of drug-likeness (QED) is 0.174. The maximum atomic E-state index is 14.1. The van der Waals surface area contributed by atoms with Crippen LogP contribution in [0.15, 0.2) is 60.2 Å². The number of methoxy groups -OCH3 is 1. The van der Waals surface area contributed by atoms with Crippen LogP contribution < -0.4 is 9.64 Å². The molecule has 1 unspecified atom stereocenters. The fraction of sp³-hybridized carbons (Fsp3) is 0.154. The second kappa shape index (κ2) is 9.14. The second-order valence-corrected chi connectivity index (χ2v) is 8.29. The summed E-state index contributed by atoms with van der Waals surface area (Å²) in [6, 6.07) is 10.2. The predicted octanol–water partition coefficient (Wildman–Crippen LogP) is 4.69. The number of ketones is 1. The largest absolute Gasteiger partial charge is 0.507 e. The number of carbonyl (C=O) groups is 2. The van der Waals surface area contributed by atoms with Gasteiger partial charge in [0.25, 0.3) is 11.7 Å². The summed E-state index contributed by atoms with van der Waals surface area (Å²) >= 11 is 0. The van der Waals surface area contributed by atoms with Crippen LogP contribution in [0, 0.1) is 29.8 Å². The molecule has 1 saturated heterocycles. The molecule has 10 heteroatoms. The van der Waals surface area contributed by atoms with Crippen LogP contribution in [0.25, 0.3) is 5.76 Å². The molecule has 0 aliphatic carbocycles. The average Bonchev–Trinajstić information content (AvgIpc) is 3.10. The number of rotatable bonds is 5. The molecule has 3 aromatic carbocycles. The number of benzene rings is 3. The molecule has 0 aromatic heterocycles. The highest BCUT2D eigenvalue weighted by molar-refractivity contribution is 6.51. The van der Waals surface area contributed by atoms with Gasteiger partial charge in [0.15, 0.2) is 5.75 Å². The van der Waals surface area contributed by atoms with Crippen molar-refractivity contribution in [2.24, 2.45) is 0 Å². The molecule has 1 heterocycles. The number of phenols is 1. The average molecular weight is 492 g/mol. The van der Waals surface area contributed by atoms with Crippen molar-refractivity contribution in [2.75, 3.05) is 12.0 Å². The molecule has 0 bridgehead atoms. The van der Waals surface area contributed by atoms with Gasteiger partial charge in [0, 0.05) is 17.3 Å². The Kier molecular flexibility index (Phi) is 6.19. The third-order valence-electron chi connectivity index (χ3n) is 6.04. The Hall–Kier alpha value is -4.73. The Morgan fingerprint density at radius 2 is 1.81 bits per heavy atom. The van der Waals surface area contributed by atoms with E-state index < -0.39 is 45.7 Å². The van der Waals surface area contributed by atoms with E-state index in [1.165, 1.54) is 25.3 Å². The number of halogens is 1. The number of ether oxygens (including phenoxy) is 1. The zero-order valence-electron chi connectivity index (χ0n) is 19.5. The zero-order chi connectivity index (χ0) is 26.3. The summed E-state index contributed by atoms with van der Waals surface area (Å²) < 4.78 is 19.4. The van der Waals surface area contributed by atoms with E-state index in [4.69, 9.17) is 4.74 Å². The number of aliphatic hydroxyl groups is 1. The first-order chi connectivity index (χ1) is 17.0. The number of aliphatic hydroxyl groups excluding tert-OH is 1. The van der Waals surface area contributed by atoms with E-state index in [1.54, 1.807) is 26.0 Å². The highest BCUT2D eigenvalue weighted by atomic mass is 19.1. The van der Waals surface area contributed by atoms with Gasteiger partial charge < -0.3 is 14.9 Å². The molecule has 9 nitrogen and oxygen atoms in total. The van der Waals surface area contributed by atoms with Crippen molar-refractivity contribution in [3.05, 3.63) is 98.4 Å². The van der Waals surface area contributed by atoms with Gasteiger partial charge in [-0.3, -0.25) is 24.6 Å². The summed E-state index contributed by atoms with van der Waals surface area (Å²) in [4.78, 5) is 38.1. The number of hydrogen-bond donors (Lipinski definition) is 2. The van der Waals surface area contributed by atoms with Gasteiger partial charge in [0.2, 0.25) is 0 Å². The van der Waals surface area contributed by atoms with Gasteiger partial charge in [-0.2, -0.15) is 0 Å². The number of nitro groups is 1. The molecule has 2 N–H and O–H groups in total. The first-order valence-electron chi connectivity index (χ1n) is 10.7. The molecule has 1 amide bonds. The maximum Gasteiger partial charge on any atom is 0.311 e. The Morgan fingerprint density at radius 1 is 1.08 bits per heavy atom. The lowest BCUT2D eigenvalue weighted by molar-refractivity contribution is -0.385. The molecule has 0 saturated carbocycles. The third kappa shape index (κ3) is 4.02. The van der Waals surface area contributed by atoms with E-state index >= 15 is 0 Å². The normalized spacial score (nSPS) is 16.9. The Labute approximate surface area is 204 Å². The Morgan fingerprint density at radius 3 is 2.44 bits per heavy atom. The van der Waals surface area contributed by atoms with Crippen LogP contribution in [0.3, 0.4) is 0 Å². The summed E-state index contributed by atoms with van der Waals surface area (Å²) in [6.45, 7) is 3.42. The number of carbonyl (C=O) groups excluding carboxylic acids is 2. The number of hydrogen-bond acceptors (Lipinski definition) is 7. The first kappa shape index (κ1) is 24.4. The third-order valence-corrected chi connectivity index (χ3v) is 6.04. The van der Waals surface area contributed by atoms with E-state index in [-0.39, 0.29) is 22.4 Å². The number of anilines is 1. The lowest BCUT2D eigenvalue weighted by atomic mass is 9.92. The van der Waals surface area contributed by atoms with Crippen LogP contribution >= 0.6 is 0 Å². The van der Waals surface area contributed by atoms with E-state index in [9.17, 15) is 34.3 Å². The lowest BCUT2D eigenvalue weighted by Gasteiger charge is -2.25. The van der Waals surface area contributed by atoms with Crippen molar-refractivity contribution >= 4 is 28.8 Å². The molecule has 36 heavy (non-hydrogen) atoms. The molecular weight excluding hydrogens is 471 g/mol. The molecule has 4 rings (SSSR count). The minimum Gasteiger partial charge on any atom is -0.507 e. The molecule has 1 aliphatic rings. The number of Topliss-reactive ketones (excluding diaryl/α,β-unsaturated/α-hetero) is 1. The van der Waals surface area contributed by atoms with Crippen molar-refractivity contribution in [1.82, 2.24) is 0 Å². The number of phenolic OH excluding ortho intramolecular Hbond substituents is 1. The summed E-state index contributed by atoms with van der Waals surface area (Å²) in [7, 11) is 1.49. The SMILES string of the molecule is COc1cc(C)c(/C(O)=C2\C(=O)C(=O)N(c3cccc(F)c3)C2c2ccc(O)c([N+](=O)[O-])c2)cc1C. The summed E-state index contributed by atoms with van der Waals surface area (Å²) in [5, 5.41) is 32.7. The van der Waals surface area contributed by atoms with Crippen LogP contribution in [-0.2, 0) is 9.59 Å². The number of nitrogens with zero attached hydrogens (tertiary/aromatic N) is 2. The molecule has 1 aliphatic heterocycles. The first-order valence-corrected chi connectivity index (χ1v) is 10.7. The van der Waals surface area contributed by atoms with Crippen molar-refractivity contribution in [3.8, 4) is 11.5 Å². The van der Waals surface area contributed by atoms with Crippen LogP contribution in [0.2, 0.25) is 0 Å². The Balaban J connectivity index is 2.02. The van der Waals surface area contributed by atoms with Gasteiger partial charge in [0.1, 0.15) is 17.3 Å². The van der Waals surface area contributed by atoms with Gasteiger partial charge in [-0.1, -0.05) is 12.1 Å². The predicted molar refractivity (Wildman–Crippen MR) is 128 cm³/mol. The minimum absolute atomic E-state index is 0.0134. The summed E-state index contributed by atoms with van der Waals surface area (Å²) in [5.41, 5.74) is 0.532. The van der Waals surface area contributed by atoms with E-state index in [1.807, 2.05) is 0 Å². The fourth-order valence-corrected chi connectivity index (χ4v) is 4.31. The van der Waals surface area contributed by atoms with Crippen molar-refractivity contribution in [1.29, 1.82) is 0 Å². The molecule has 1 fully saturated rings. The molecular formula is C26H21FN2O7. The van der Waals surface area contributed by atoms with Crippen molar-refractivity contribution in [2.45, 2.75) is 19.9 Å². The van der Waals surface area contributed by atoms with Crippen LogP contribution in [0.4, 0.5) is 15.8 Å². The van der Waals surface area contributed by atoms with Gasteiger partial charge >= 0.3 is 5.69 Å². The maximum absolute atomic E-state index is 14.1. The monoisotopic (exact) mass is 492 g/mol. The number of amides is 1. The second-order valence-electron chi connectivity index (χ2n) is 8.29. The minimum atomic E-state index is -1.34. The van der Waals surface area contributed by atoms with Crippen molar-refractivity contribution in [3.63, 3.8) is 0 Å². The smallest absolute Gasteiger partial charge is 0.311 e. The number of aryl methyl sites for hydroxylation is 2. The number of aromatic hydroxyl groups is 1. The van der Waals surface area contributed by atoms with Crippen LogP contribution in [0.1, 0.15) is 28.3 Å². The molecule has 1 atom stereocenters. The molecule has 3 aromatic rings. The lowest BCUT2D eigenvalue weighted by Crippen LogP contribution is -2.29. The van der Waals surface area contributed by atoms with E-state index in [2.05, 4.69) is 0 Å². The van der Waals surface area contributed by atoms with Crippen LogP contribution in [0.5, 0.6) is 11.5 Å². The van der Waals surface area contributed by atoms with E-state index in [0.29, 0.717) is 16.9 Å². The van der Waals surface area contributed by atoms with Gasteiger partial charge in [-0.25, -0.2) is 4.39 Å². The molecule has 0 radical (unpaired) electrons.